The van der Waals surface area contributed by atoms with Crippen LogP contribution in [0.25, 0.3) is 0 Å². The van der Waals surface area contributed by atoms with Crippen LogP contribution in [-0.2, 0) is 19.6 Å². The zero-order valence-corrected chi connectivity index (χ0v) is 16.3. The average Bonchev–Trinajstić information content (AvgIpc) is 3.10. The van der Waals surface area contributed by atoms with Gasteiger partial charge in [0.15, 0.2) is 0 Å². The molecule has 1 saturated carbocycles. The first-order chi connectivity index (χ1) is 12.9. The minimum Gasteiger partial charge on any atom is -0.492 e. The maximum absolute atomic E-state index is 13.1. The number of hydrogen-bond donors (Lipinski definition) is 2. The second-order valence-corrected chi connectivity index (χ2v) is 8.78. The van der Waals surface area contributed by atoms with Crippen LogP contribution in [-0.4, -0.2) is 57.6 Å². The molecular formula is C18H27N3O5S. The Morgan fingerprint density at radius 2 is 2.07 bits per heavy atom. The van der Waals surface area contributed by atoms with Crippen molar-refractivity contribution in [1.82, 2.24) is 4.31 Å². The maximum Gasteiger partial charge on any atom is 0.246 e. The van der Waals surface area contributed by atoms with E-state index >= 15 is 0 Å². The average molecular weight is 397 g/mol. The molecule has 0 radical (unpaired) electrons. The van der Waals surface area contributed by atoms with Gasteiger partial charge in [-0.05, 0) is 44.4 Å². The normalized spacial score (nSPS) is 23.9. The van der Waals surface area contributed by atoms with E-state index in [4.69, 9.17) is 15.2 Å². The highest BCUT2D eigenvalue weighted by Gasteiger charge is 2.31. The van der Waals surface area contributed by atoms with E-state index in [1.165, 1.54) is 10.4 Å². The summed E-state index contributed by atoms with van der Waals surface area (Å²) in [5.41, 5.74) is 6.32. The molecule has 1 saturated heterocycles. The zero-order chi connectivity index (χ0) is 19.4. The van der Waals surface area contributed by atoms with Gasteiger partial charge in [0.1, 0.15) is 10.6 Å². The smallest absolute Gasteiger partial charge is 0.246 e. The summed E-state index contributed by atoms with van der Waals surface area (Å²) in [5.74, 6) is 0.0255. The Labute approximate surface area is 160 Å². The third-order valence-corrected chi connectivity index (χ3v) is 6.86. The van der Waals surface area contributed by atoms with Gasteiger partial charge in [0.25, 0.3) is 0 Å². The van der Waals surface area contributed by atoms with E-state index in [0.29, 0.717) is 45.0 Å². The van der Waals surface area contributed by atoms with Gasteiger partial charge in [-0.3, -0.25) is 4.79 Å². The molecule has 3 rings (SSSR count). The van der Waals surface area contributed by atoms with Gasteiger partial charge in [-0.15, -0.1) is 0 Å². The van der Waals surface area contributed by atoms with Crippen LogP contribution < -0.4 is 15.8 Å². The molecule has 1 amide bonds. The standard InChI is InChI=1S/C18H27N3O5S/c1-2-26-16-6-5-15(20-18(22)13-3-4-14(19)11-13)12-17(16)27(23,24)21-7-9-25-10-8-21/h5-6,12-14H,2-4,7-11,19H2,1H3,(H,20,22). The van der Waals surface area contributed by atoms with Crippen LogP contribution in [0.1, 0.15) is 26.2 Å². The highest BCUT2D eigenvalue weighted by Crippen LogP contribution is 2.31. The van der Waals surface area contributed by atoms with Crippen LogP contribution in [0, 0.1) is 5.92 Å². The second-order valence-electron chi connectivity index (χ2n) is 6.87. The number of hydrogen-bond acceptors (Lipinski definition) is 6. The van der Waals surface area contributed by atoms with E-state index in [2.05, 4.69) is 5.32 Å². The molecule has 9 heteroatoms. The fourth-order valence-electron chi connectivity index (χ4n) is 3.49. The first-order valence-electron chi connectivity index (χ1n) is 9.33. The van der Waals surface area contributed by atoms with Crippen LogP contribution >= 0.6 is 0 Å². The van der Waals surface area contributed by atoms with Crippen molar-refractivity contribution < 1.29 is 22.7 Å². The van der Waals surface area contributed by atoms with E-state index in [9.17, 15) is 13.2 Å². The Morgan fingerprint density at radius 3 is 2.70 bits per heavy atom. The number of rotatable bonds is 6. The molecule has 2 unspecified atom stereocenters. The molecule has 1 aromatic carbocycles. The number of benzene rings is 1. The van der Waals surface area contributed by atoms with E-state index in [1.54, 1.807) is 19.1 Å². The number of nitrogens with zero attached hydrogens (tertiary/aromatic N) is 1. The Bertz CT molecular complexity index is 777. The Kier molecular flexibility index (Phi) is 6.36. The van der Waals surface area contributed by atoms with Gasteiger partial charge in [-0.1, -0.05) is 0 Å². The molecule has 0 bridgehead atoms. The van der Waals surface area contributed by atoms with Crippen molar-refractivity contribution >= 4 is 21.6 Å². The summed E-state index contributed by atoms with van der Waals surface area (Å²) < 4.78 is 38.3. The monoisotopic (exact) mass is 397 g/mol. The zero-order valence-electron chi connectivity index (χ0n) is 15.5. The van der Waals surface area contributed by atoms with Crippen molar-refractivity contribution in [1.29, 1.82) is 0 Å². The van der Waals surface area contributed by atoms with Gasteiger partial charge >= 0.3 is 0 Å². The van der Waals surface area contributed by atoms with Crippen molar-refractivity contribution in [2.45, 2.75) is 37.1 Å². The van der Waals surface area contributed by atoms with Gasteiger partial charge in [-0.2, -0.15) is 4.31 Å². The van der Waals surface area contributed by atoms with Crippen molar-refractivity contribution in [3.8, 4) is 5.75 Å². The number of nitrogens with one attached hydrogen (secondary N) is 1. The van der Waals surface area contributed by atoms with Crippen molar-refractivity contribution in [3.63, 3.8) is 0 Å². The van der Waals surface area contributed by atoms with Crippen LogP contribution in [0.15, 0.2) is 23.1 Å². The van der Waals surface area contributed by atoms with Gasteiger partial charge in [0.2, 0.25) is 15.9 Å². The third-order valence-electron chi connectivity index (χ3n) is 4.94. The summed E-state index contributed by atoms with van der Waals surface area (Å²) in [5, 5.41) is 2.83. The lowest BCUT2D eigenvalue weighted by atomic mass is 10.1. The Morgan fingerprint density at radius 1 is 1.33 bits per heavy atom. The molecule has 3 N–H and O–H groups in total. The number of ether oxygens (including phenoxy) is 2. The van der Waals surface area contributed by atoms with Crippen LogP contribution in [0.4, 0.5) is 5.69 Å². The van der Waals surface area contributed by atoms with E-state index in [-0.39, 0.29) is 28.5 Å². The van der Waals surface area contributed by atoms with E-state index < -0.39 is 10.0 Å². The van der Waals surface area contributed by atoms with E-state index in [1.807, 2.05) is 0 Å². The minimum absolute atomic E-state index is 0.0540. The summed E-state index contributed by atoms with van der Waals surface area (Å²) >= 11 is 0. The summed E-state index contributed by atoms with van der Waals surface area (Å²) in [7, 11) is -3.74. The Hall–Kier alpha value is -1.68. The van der Waals surface area contributed by atoms with Gasteiger partial charge in [0, 0.05) is 30.7 Å². The highest BCUT2D eigenvalue weighted by molar-refractivity contribution is 7.89. The second kappa shape index (κ2) is 8.55. The van der Waals surface area contributed by atoms with Gasteiger partial charge in [-0.25, -0.2) is 8.42 Å². The summed E-state index contributed by atoms with van der Waals surface area (Å²) in [6.45, 7) is 3.46. The molecule has 1 heterocycles. The maximum atomic E-state index is 13.1. The third kappa shape index (κ3) is 4.60. The fourth-order valence-corrected chi connectivity index (χ4v) is 5.05. The van der Waals surface area contributed by atoms with Crippen LogP contribution in [0.5, 0.6) is 5.75 Å². The summed E-state index contributed by atoms with van der Waals surface area (Å²) in [4.78, 5) is 12.5. The molecular weight excluding hydrogens is 370 g/mol. The first-order valence-corrected chi connectivity index (χ1v) is 10.8. The van der Waals surface area contributed by atoms with Crippen molar-refractivity contribution in [2.75, 3.05) is 38.2 Å². The number of anilines is 1. The van der Waals surface area contributed by atoms with Crippen LogP contribution in [0.2, 0.25) is 0 Å². The molecule has 0 aromatic heterocycles. The molecule has 0 spiro atoms. The lowest BCUT2D eigenvalue weighted by Crippen LogP contribution is -2.40. The topological polar surface area (TPSA) is 111 Å². The minimum atomic E-state index is -3.74. The van der Waals surface area contributed by atoms with E-state index in [0.717, 1.165) is 12.8 Å². The quantitative estimate of drug-likeness (QED) is 0.745. The number of carbonyl (C=O) groups is 1. The largest absolute Gasteiger partial charge is 0.492 e. The van der Waals surface area contributed by atoms with Gasteiger partial charge in [0.05, 0.1) is 19.8 Å². The molecule has 2 fully saturated rings. The number of sulfonamides is 1. The van der Waals surface area contributed by atoms with Crippen LogP contribution in [0.3, 0.4) is 0 Å². The molecule has 150 valence electrons. The lowest BCUT2D eigenvalue weighted by molar-refractivity contribution is -0.119. The molecule has 2 atom stereocenters. The number of nitrogens with two attached hydrogens (primary N) is 1. The molecule has 8 nitrogen and oxygen atoms in total. The number of morpholine rings is 1. The number of amides is 1. The lowest BCUT2D eigenvalue weighted by Gasteiger charge is -2.27. The molecule has 1 aliphatic heterocycles. The summed E-state index contributed by atoms with van der Waals surface area (Å²) in [6.07, 6.45) is 2.24. The molecule has 1 aliphatic carbocycles. The highest BCUT2D eigenvalue weighted by atomic mass is 32.2. The predicted molar refractivity (Wildman–Crippen MR) is 101 cm³/mol. The predicted octanol–water partition coefficient (Wildman–Crippen LogP) is 1.17. The van der Waals surface area contributed by atoms with Gasteiger partial charge < -0.3 is 20.5 Å². The molecule has 2 aliphatic rings. The van der Waals surface area contributed by atoms with Crippen molar-refractivity contribution in [2.24, 2.45) is 11.7 Å². The SMILES string of the molecule is CCOc1ccc(NC(=O)C2CCC(N)C2)cc1S(=O)(=O)N1CCOCC1. The first kappa shape index (κ1) is 20.1. The Balaban J connectivity index is 1.85. The fraction of sp³-hybridized carbons (Fsp3) is 0.611. The summed E-state index contributed by atoms with van der Waals surface area (Å²) in [6, 6.07) is 4.78. The molecule has 27 heavy (non-hydrogen) atoms. The van der Waals surface area contributed by atoms with Crippen molar-refractivity contribution in [3.05, 3.63) is 18.2 Å². The molecule has 1 aromatic rings. The number of carbonyl (C=O) groups excluding carboxylic acids is 1.